The lowest BCUT2D eigenvalue weighted by Crippen LogP contribution is -2.32. The zero-order chi connectivity index (χ0) is 14.4. The number of benzene rings is 1. The molecule has 110 valence electrons. The van der Waals surface area contributed by atoms with Crippen molar-refractivity contribution in [3.05, 3.63) is 29.8 Å². The first kappa shape index (κ1) is 14.9. The maximum absolute atomic E-state index is 11.6. The number of carbonyl (C=O) groups is 1. The summed E-state index contributed by atoms with van der Waals surface area (Å²) >= 11 is 0. The highest BCUT2D eigenvalue weighted by Crippen LogP contribution is 2.21. The Morgan fingerprint density at radius 3 is 2.80 bits per heavy atom. The number of hydrogen-bond donors (Lipinski definition) is 1. The van der Waals surface area contributed by atoms with Crippen LogP contribution in [0.5, 0.6) is 5.75 Å². The summed E-state index contributed by atoms with van der Waals surface area (Å²) in [6.45, 7) is 4.23. The van der Waals surface area contributed by atoms with E-state index in [1.165, 1.54) is 18.4 Å². The minimum absolute atomic E-state index is 0.0196. The lowest BCUT2D eigenvalue weighted by Gasteiger charge is -2.12. The molecule has 0 spiro atoms. The molecule has 20 heavy (non-hydrogen) atoms. The topological polar surface area (TPSA) is 47.6 Å². The molecule has 1 N–H and O–H groups in total. The SMILES string of the molecule is CC(C)c1cccc(OCC(=O)NOC2CCCC2)c1. The molecule has 0 heterocycles. The van der Waals surface area contributed by atoms with Crippen LogP contribution in [0.3, 0.4) is 0 Å². The fourth-order valence-electron chi connectivity index (χ4n) is 2.30. The van der Waals surface area contributed by atoms with Gasteiger partial charge in [-0.1, -0.05) is 38.8 Å². The van der Waals surface area contributed by atoms with Crippen molar-refractivity contribution in [1.29, 1.82) is 0 Å². The summed E-state index contributed by atoms with van der Waals surface area (Å²) in [7, 11) is 0. The monoisotopic (exact) mass is 277 g/mol. The Morgan fingerprint density at radius 1 is 1.35 bits per heavy atom. The smallest absolute Gasteiger partial charge is 0.281 e. The molecule has 1 aromatic rings. The molecule has 0 aliphatic heterocycles. The minimum Gasteiger partial charge on any atom is -0.484 e. The number of carbonyl (C=O) groups excluding carboxylic acids is 1. The molecule has 1 aliphatic rings. The molecule has 0 radical (unpaired) electrons. The number of ether oxygens (including phenoxy) is 1. The molecule has 1 aliphatic carbocycles. The molecule has 1 aromatic carbocycles. The highest BCUT2D eigenvalue weighted by molar-refractivity contribution is 5.76. The van der Waals surface area contributed by atoms with E-state index in [1.807, 2.05) is 18.2 Å². The van der Waals surface area contributed by atoms with Crippen LogP contribution in [0.15, 0.2) is 24.3 Å². The van der Waals surface area contributed by atoms with Gasteiger partial charge in [0.05, 0.1) is 6.10 Å². The first-order valence-corrected chi connectivity index (χ1v) is 7.32. The largest absolute Gasteiger partial charge is 0.484 e. The number of nitrogens with one attached hydrogen (secondary N) is 1. The van der Waals surface area contributed by atoms with Crippen molar-refractivity contribution >= 4 is 5.91 Å². The maximum atomic E-state index is 11.6. The summed E-state index contributed by atoms with van der Waals surface area (Å²) in [5.41, 5.74) is 3.67. The maximum Gasteiger partial charge on any atom is 0.281 e. The highest BCUT2D eigenvalue weighted by Gasteiger charge is 2.16. The Labute approximate surface area is 120 Å². The number of amides is 1. The predicted octanol–water partition coefficient (Wildman–Crippen LogP) is 3.18. The summed E-state index contributed by atoms with van der Waals surface area (Å²) in [5.74, 6) is 0.914. The van der Waals surface area contributed by atoms with Gasteiger partial charge in [0.25, 0.3) is 5.91 Å². The van der Waals surface area contributed by atoms with Crippen molar-refractivity contribution in [3.8, 4) is 5.75 Å². The molecule has 1 saturated carbocycles. The Balaban J connectivity index is 1.73. The third-order valence-electron chi connectivity index (χ3n) is 3.54. The summed E-state index contributed by atoms with van der Waals surface area (Å²) < 4.78 is 5.48. The van der Waals surface area contributed by atoms with Crippen LogP contribution in [0.1, 0.15) is 51.0 Å². The molecule has 0 unspecified atom stereocenters. The molecule has 4 heteroatoms. The van der Waals surface area contributed by atoms with E-state index >= 15 is 0 Å². The molecule has 0 atom stereocenters. The van der Waals surface area contributed by atoms with Crippen LogP contribution >= 0.6 is 0 Å². The van der Waals surface area contributed by atoms with Crippen LogP contribution in [0, 0.1) is 0 Å². The van der Waals surface area contributed by atoms with Crippen molar-refractivity contribution in [2.45, 2.75) is 51.6 Å². The van der Waals surface area contributed by atoms with E-state index in [-0.39, 0.29) is 18.6 Å². The van der Waals surface area contributed by atoms with Crippen LogP contribution < -0.4 is 10.2 Å². The summed E-state index contributed by atoms with van der Waals surface area (Å²) in [5, 5.41) is 0. The Morgan fingerprint density at radius 2 is 2.10 bits per heavy atom. The first-order valence-electron chi connectivity index (χ1n) is 7.32. The van der Waals surface area contributed by atoms with Crippen molar-refractivity contribution in [2.24, 2.45) is 0 Å². The van der Waals surface area contributed by atoms with Gasteiger partial charge < -0.3 is 4.74 Å². The predicted molar refractivity (Wildman–Crippen MR) is 77.5 cm³/mol. The van der Waals surface area contributed by atoms with E-state index in [4.69, 9.17) is 9.57 Å². The van der Waals surface area contributed by atoms with Crippen molar-refractivity contribution < 1.29 is 14.4 Å². The molecule has 2 rings (SSSR count). The van der Waals surface area contributed by atoms with E-state index in [0.717, 1.165) is 12.8 Å². The Bertz CT molecular complexity index is 439. The van der Waals surface area contributed by atoms with Crippen molar-refractivity contribution in [2.75, 3.05) is 6.61 Å². The van der Waals surface area contributed by atoms with Crippen LogP contribution in [-0.2, 0) is 9.63 Å². The van der Waals surface area contributed by atoms with E-state index in [1.54, 1.807) is 0 Å². The van der Waals surface area contributed by atoms with Gasteiger partial charge in [0, 0.05) is 0 Å². The van der Waals surface area contributed by atoms with E-state index in [2.05, 4.69) is 25.4 Å². The van der Waals surface area contributed by atoms with Gasteiger partial charge in [-0.05, 0) is 36.5 Å². The van der Waals surface area contributed by atoms with Crippen LogP contribution in [-0.4, -0.2) is 18.6 Å². The normalized spacial score (nSPS) is 15.6. The molecule has 0 aromatic heterocycles. The summed E-state index contributed by atoms with van der Waals surface area (Å²) in [6.07, 6.45) is 4.58. The average molecular weight is 277 g/mol. The fourth-order valence-corrected chi connectivity index (χ4v) is 2.30. The van der Waals surface area contributed by atoms with Gasteiger partial charge in [-0.2, -0.15) is 0 Å². The van der Waals surface area contributed by atoms with Gasteiger partial charge in [-0.15, -0.1) is 0 Å². The summed E-state index contributed by atoms with van der Waals surface area (Å²) in [4.78, 5) is 17.0. The van der Waals surface area contributed by atoms with Gasteiger partial charge in [0.2, 0.25) is 0 Å². The molecule has 0 bridgehead atoms. The third-order valence-corrected chi connectivity index (χ3v) is 3.54. The Hall–Kier alpha value is -1.55. The summed E-state index contributed by atoms with van der Waals surface area (Å²) in [6, 6.07) is 7.82. The molecule has 1 amide bonds. The van der Waals surface area contributed by atoms with E-state index in [0.29, 0.717) is 11.7 Å². The van der Waals surface area contributed by atoms with Gasteiger partial charge >= 0.3 is 0 Å². The molecule has 1 fully saturated rings. The average Bonchev–Trinajstić information content (AvgIpc) is 2.96. The zero-order valence-corrected chi connectivity index (χ0v) is 12.2. The van der Waals surface area contributed by atoms with Crippen molar-refractivity contribution in [1.82, 2.24) is 5.48 Å². The van der Waals surface area contributed by atoms with Gasteiger partial charge in [0.1, 0.15) is 5.75 Å². The van der Waals surface area contributed by atoms with Gasteiger partial charge in [-0.25, -0.2) is 5.48 Å². The molecule has 0 saturated heterocycles. The second kappa shape index (κ2) is 7.29. The van der Waals surface area contributed by atoms with Crippen LogP contribution in [0.4, 0.5) is 0 Å². The van der Waals surface area contributed by atoms with Gasteiger partial charge in [0.15, 0.2) is 6.61 Å². The lowest BCUT2D eigenvalue weighted by atomic mass is 10.0. The quantitative estimate of drug-likeness (QED) is 0.812. The fraction of sp³-hybridized carbons (Fsp3) is 0.562. The molecular formula is C16H23NO3. The second-order valence-electron chi connectivity index (χ2n) is 5.57. The number of hydroxylamine groups is 1. The first-order chi connectivity index (χ1) is 9.65. The minimum atomic E-state index is -0.244. The van der Waals surface area contributed by atoms with E-state index in [9.17, 15) is 4.79 Å². The third kappa shape index (κ3) is 4.53. The Kier molecular flexibility index (Phi) is 5.41. The zero-order valence-electron chi connectivity index (χ0n) is 12.2. The lowest BCUT2D eigenvalue weighted by molar-refractivity contribution is -0.140. The molecule has 4 nitrogen and oxygen atoms in total. The van der Waals surface area contributed by atoms with Crippen LogP contribution in [0.25, 0.3) is 0 Å². The highest BCUT2D eigenvalue weighted by atomic mass is 16.7. The standard InChI is InChI=1S/C16H23NO3/c1-12(2)13-6-5-9-15(10-13)19-11-16(18)17-20-14-7-3-4-8-14/h5-6,9-10,12,14H,3-4,7-8,11H2,1-2H3,(H,17,18). The number of rotatable bonds is 6. The molecular weight excluding hydrogens is 254 g/mol. The van der Waals surface area contributed by atoms with Crippen molar-refractivity contribution in [3.63, 3.8) is 0 Å². The number of hydrogen-bond acceptors (Lipinski definition) is 3. The van der Waals surface area contributed by atoms with Gasteiger partial charge in [-0.3, -0.25) is 9.63 Å². The van der Waals surface area contributed by atoms with Crippen LogP contribution in [0.2, 0.25) is 0 Å². The second-order valence-corrected chi connectivity index (χ2v) is 5.57. The van der Waals surface area contributed by atoms with E-state index < -0.39 is 0 Å².